The van der Waals surface area contributed by atoms with E-state index in [4.69, 9.17) is 0 Å². The minimum Gasteiger partial charge on any atom is -0.300 e. The maximum Gasteiger partial charge on any atom is 0.00435 e. The molecule has 2 fully saturated rings. The van der Waals surface area contributed by atoms with E-state index in [9.17, 15) is 0 Å². The van der Waals surface area contributed by atoms with Gasteiger partial charge in [-0.1, -0.05) is 13.8 Å². The predicted molar refractivity (Wildman–Crippen MR) is 65.9 cm³/mol. The zero-order valence-corrected chi connectivity index (χ0v) is 10.9. The summed E-state index contributed by atoms with van der Waals surface area (Å²) in [5.74, 6) is 1.95. The van der Waals surface area contributed by atoms with Crippen LogP contribution in [0.2, 0.25) is 0 Å². The van der Waals surface area contributed by atoms with Gasteiger partial charge in [0.25, 0.3) is 0 Å². The highest BCUT2D eigenvalue weighted by atomic mass is 15.2. The Labute approximate surface area is 95.2 Å². The minimum absolute atomic E-state index is 0.752. The molecule has 0 amide bonds. The van der Waals surface area contributed by atoms with Crippen molar-refractivity contribution >= 4 is 0 Å². The average Bonchev–Trinajstić information content (AvgIpc) is 2.76. The molecule has 1 heterocycles. The molecular weight excluding hydrogens is 182 g/mol. The molecule has 0 bridgehead atoms. The van der Waals surface area contributed by atoms with E-state index in [1.807, 2.05) is 0 Å². The lowest BCUT2D eigenvalue weighted by molar-refractivity contribution is 0.117. The van der Waals surface area contributed by atoms with Gasteiger partial charge in [-0.2, -0.15) is 0 Å². The molecule has 1 spiro atoms. The number of piperidine rings is 1. The smallest absolute Gasteiger partial charge is 0.00435 e. The van der Waals surface area contributed by atoms with Crippen LogP contribution in [0.4, 0.5) is 0 Å². The number of nitrogens with zero attached hydrogens (tertiary/aromatic N) is 1. The molecule has 0 aromatic carbocycles. The number of hydrogen-bond acceptors (Lipinski definition) is 1. The number of rotatable bonds is 3. The van der Waals surface area contributed by atoms with Crippen molar-refractivity contribution in [1.29, 1.82) is 0 Å². The predicted octanol–water partition coefficient (Wildman–Crippen LogP) is 3.54. The Morgan fingerprint density at radius 2 is 2.00 bits per heavy atom. The fraction of sp³-hybridized carbons (Fsp3) is 1.00. The Balaban J connectivity index is 1.89. The van der Waals surface area contributed by atoms with Gasteiger partial charge in [-0.3, -0.25) is 0 Å². The third kappa shape index (κ3) is 2.38. The highest BCUT2D eigenvalue weighted by Crippen LogP contribution is 2.60. The van der Waals surface area contributed by atoms with E-state index in [-0.39, 0.29) is 0 Å². The van der Waals surface area contributed by atoms with Gasteiger partial charge in [0, 0.05) is 12.6 Å². The topological polar surface area (TPSA) is 3.24 Å². The molecule has 0 aromatic heterocycles. The van der Waals surface area contributed by atoms with Gasteiger partial charge in [0.15, 0.2) is 0 Å². The summed E-state index contributed by atoms with van der Waals surface area (Å²) in [6.45, 7) is 12.2. The molecule has 0 aromatic rings. The number of hydrogen-bond donors (Lipinski definition) is 0. The van der Waals surface area contributed by atoms with Crippen molar-refractivity contribution in [3.63, 3.8) is 0 Å². The molecule has 15 heavy (non-hydrogen) atoms. The highest BCUT2D eigenvalue weighted by Gasteiger charge is 2.55. The van der Waals surface area contributed by atoms with Crippen LogP contribution in [0.5, 0.6) is 0 Å². The molecule has 1 aliphatic heterocycles. The van der Waals surface area contributed by atoms with Crippen LogP contribution in [0.1, 0.15) is 53.4 Å². The van der Waals surface area contributed by atoms with Crippen molar-refractivity contribution in [3.05, 3.63) is 0 Å². The van der Waals surface area contributed by atoms with E-state index in [2.05, 4.69) is 32.6 Å². The van der Waals surface area contributed by atoms with Crippen molar-refractivity contribution in [3.8, 4) is 0 Å². The van der Waals surface area contributed by atoms with Gasteiger partial charge in [-0.05, 0) is 63.3 Å². The SMILES string of the molecule is CC(C)CC1C[C@]12CCCN(C(C)C)C2. The molecule has 1 saturated carbocycles. The summed E-state index contributed by atoms with van der Waals surface area (Å²) in [5.41, 5.74) is 0.757. The van der Waals surface area contributed by atoms with Crippen LogP contribution in [0.15, 0.2) is 0 Å². The molecule has 88 valence electrons. The first-order chi connectivity index (χ1) is 7.03. The van der Waals surface area contributed by atoms with Crippen LogP contribution in [0.25, 0.3) is 0 Å². The summed E-state index contributed by atoms with van der Waals surface area (Å²) in [6, 6.07) is 0.752. The Morgan fingerprint density at radius 3 is 2.60 bits per heavy atom. The van der Waals surface area contributed by atoms with E-state index in [1.165, 1.54) is 38.8 Å². The zero-order chi connectivity index (χ0) is 11.1. The largest absolute Gasteiger partial charge is 0.300 e. The number of likely N-dealkylation sites (tertiary alicyclic amines) is 1. The van der Waals surface area contributed by atoms with Crippen LogP contribution in [0.3, 0.4) is 0 Å². The molecule has 2 aliphatic rings. The Kier molecular flexibility index (Phi) is 3.12. The molecule has 1 heteroatoms. The summed E-state index contributed by atoms with van der Waals surface area (Å²) in [4.78, 5) is 2.70. The summed E-state index contributed by atoms with van der Waals surface area (Å²) in [6.07, 6.45) is 5.93. The summed E-state index contributed by atoms with van der Waals surface area (Å²) in [5, 5.41) is 0. The molecule has 1 nitrogen and oxygen atoms in total. The van der Waals surface area contributed by atoms with Gasteiger partial charge in [0.05, 0.1) is 0 Å². The van der Waals surface area contributed by atoms with Crippen molar-refractivity contribution < 1.29 is 0 Å². The molecule has 1 saturated heterocycles. The Hall–Kier alpha value is -0.0400. The quantitative estimate of drug-likeness (QED) is 0.687. The van der Waals surface area contributed by atoms with Crippen LogP contribution >= 0.6 is 0 Å². The fourth-order valence-corrected chi connectivity index (χ4v) is 3.47. The molecule has 0 N–H and O–H groups in total. The maximum atomic E-state index is 2.70. The van der Waals surface area contributed by atoms with Crippen molar-refractivity contribution in [2.24, 2.45) is 17.3 Å². The molecular formula is C14H27N. The van der Waals surface area contributed by atoms with E-state index >= 15 is 0 Å². The van der Waals surface area contributed by atoms with Gasteiger partial charge < -0.3 is 4.90 Å². The minimum atomic E-state index is 0.752. The molecule has 1 unspecified atom stereocenters. The maximum absolute atomic E-state index is 2.70. The van der Waals surface area contributed by atoms with Crippen molar-refractivity contribution in [2.45, 2.75) is 59.4 Å². The second-order valence-corrected chi connectivity index (χ2v) is 6.56. The van der Waals surface area contributed by atoms with Gasteiger partial charge in [0.1, 0.15) is 0 Å². The van der Waals surface area contributed by atoms with Gasteiger partial charge in [-0.15, -0.1) is 0 Å². The zero-order valence-electron chi connectivity index (χ0n) is 10.9. The van der Waals surface area contributed by atoms with Gasteiger partial charge in [0.2, 0.25) is 0 Å². The van der Waals surface area contributed by atoms with Crippen molar-refractivity contribution in [2.75, 3.05) is 13.1 Å². The second kappa shape index (κ2) is 4.08. The van der Waals surface area contributed by atoms with Gasteiger partial charge >= 0.3 is 0 Å². The monoisotopic (exact) mass is 209 g/mol. The highest BCUT2D eigenvalue weighted by molar-refractivity contribution is 5.06. The molecule has 1 aliphatic carbocycles. The van der Waals surface area contributed by atoms with Crippen LogP contribution in [0, 0.1) is 17.3 Å². The van der Waals surface area contributed by atoms with Crippen LogP contribution in [-0.4, -0.2) is 24.0 Å². The molecule has 0 radical (unpaired) electrons. The normalized spacial score (nSPS) is 36.8. The van der Waals surface area contributed by atoms with E-state index in [1.54, 1.807) is 0 Å². The first-order valence-corrected chi connectivity index (χ1v) is 6.77. The Bertz CT molecular complexity index is 221. The summed E-state index contributed by atoms with van der Waals surface area (Å²) in [7, 11) is 0. The fourth-order valence-electron chi connectivity index (χ4n) is 3.47. The third-order valence-corrected chi connectivity index (χ3v) is 4.48. The van der Waals surface area contributed by atoms with Crippen LogP contribution in [-0.2, 0) is 0 Å². The van der Waals surface area contributed by atoms with E-state index < -0.39 is 0 Å². The van der Waals surface area contributed by atoms with Gasteiger partial charge in [-0.25, -0.2) is 0 Å². The third-order valence-electron chi connectivity index (χ3n) is 4.48. The standard InChI is InChI=1S/C14H27N/c1-11(2)8-13-9-14(13)6-5-7-15(10-14)12(3)4/h11-13H,5-10H2,1-4H3/t13?,14-/m0/s1. The molecule has 2 rings (SSSR count). The summed E-state index contributed by atoms with van der Waals surface area (Å²) >= 11 is 0. The Morgan fingerprint density at radius 1 is 1.27 bits per heavy atom. The lowest BCUT2D eigenvalue weighted by Crippen LogP contribution is -2.41. The van der Waals surface area contributed by atoms with E-state index in [0.717, 1.165) is 23.3 Å². The first kappa shape index (κ1) is 11.4. The second-order valence-electron chi connectivity index (χ2n) is 6.56. The molecule has 2 atom stereocenters. The lowest BCUT2D eigenvalue weighted by atomic mass is 9.89. The lowest BCUT2D eigenvalue weighted by Gasteiger charge is -2.36. The van der Waals surface area contributed by atoms with Crippen LogP contribution < -0.4 is 0 Å². The van der Waals surface area contributed by atoms with E-state index in [0.29, 0.717) is 0 Å². The van der Waals surface area contributed by atoms with Crippen molar-refractivity contribution in [1.82, 2.24) is 4.90 Å². The summed E-state index contributed by atoms with van der Waals surface area (Å²) < 4.78 is 0. The average molecular weight is 209 g/mol. The first-order valence-electron chi connectivity index (χ1n) is 6.77.